The van der Waals surface area contributed by atoms with Gasteiger partial charge in [0.1, 0.15) is 0 Å². The van der Waals surface area contributed by atoms with Crippen molar-refractivity contribution in [3.05, 3.63) is 0 Å². The third kappa shape index (κ3) is 6.01. The van der Waals surface area contributed by atoms with Crippen LogP contribution in [0.2, 0.25) is 0 Å². The third-order valence-electron chi connectivity index (χ3n) is 1.49. The fraction of sp³-hybridized carbons (Fsp3) is 1.00. The molecule has 3 heteroatoms. The Morgan fingerprint density at radius 1 is 0.900 bits per heavy atom. The van der Waals surface area contributed by atoms with Crippen LogP contribution in [0.4, 0.5) is 0 Å². The molecular weight excluding hydrogens is 126 g/mol. The van der Waals surface area contributed by atoms with Crippen LogP contribution in [0.1, 0.15) is 6.92 Å². The van der Waals surface area contributed by atoms with E-state index >= 15 is 0 Å². The average molecular weight is 147 g/mol. The topological polar surface area (TPSA) is 32.5 Å². The lowest BCUT2D eigenvalue weighted by molar-refractivity contribution is 0.147. The van der Waals surface area contributed by atoms with Crippen LogP contribution >= 0.6 is 0 Å². The molecule has 0 aliphatic carbocycles. The third-order valence-corrected chi connectivity index (χ3v) is 1.49. The van der Waals surface area contributed by atoms with E-state index in [0.29, 0.717) is 6.17 Å². The van der Waals surface area contributed by atoms with Crippen LogP contribution in [-0.4, -0.2) is 51.2 Å². The minimum absolute atomic E-state index is 0.537. The highest BCUT2D eigenvalue weighted by Gasteiger charge is 2.03. The molecule has 10 heavy (non-hydrogen) atoms. The van der Waals surface area contributed by atoms with Crippen molar-refractivity contribution < 1.29 is 0 Å². The van der Waals surface area contributed by atoms with Crippen molar-refractivity contribution in [3.8, 4) is 0 Å². The van der Waals surface area contributed by atoms with Crippen molar-refractivity contribution in [1.82, 2.24) is 9.80 Å². The summed E-state index contributed by atoms with van der Waals surface area (Å²) >= 11 is 0. The molecule has 0 unspecified atom stereocenters. The Kier molecular flexibility index (Phi) is 8.77. The Morgan fingerprint density at radius 2 is 1.10 bits per heavy atom. The summed E-state index contributed by atoms with van der Waals surface area (Å²) in [6.45, 7) is 2.17. The number of rotatable bonds is 2. The second-order valence-electron chi connectivity index (χ2n) is 2.56. The van der Waals surface area contributed by atoms with Crippen LogP contribution in [0.3, 0.4) is 0 Å². The summed E-state index contributed by atoms with van der Waals surface area (Å²) in [5.41, 5.74) is 4.50. The molecule has 0 radical (unpaired) electrons. The van der Waals surface area contributed by atoms with Crippen LogP contribution in [0, 0.1) is 0 Å². The normalized spacial score (nSPS) is 10.2. The van der Waals surface area contributed by atoms with Gasteiger partial charge in [-0.3, -0.25) is 9.80 Å². The van der Waals surface area contributed by atoms with Crippen LogP contribution in [-0.2, 0) is 0 Å². The fourth-order valence-corrected chi connectivity index (χ4v) is 0.462. The van der Waals surface area contributed by atoms with Gasteiger partial charge in [-0.2, -0.15) is 0 Å². The van der Waals surface area contributed by atoms with E-state index in [1.807, 2.05) is 0 Å². The summed E-state index contributed by atoms with van der Waals surface area (Å²) < 4.78 is 0. The zero-order valence-corrected chi connectivity index (χ0v) is 8.05. The van der Waals surface area contributed by atoms with Crippen molar-refractivity contribution in [1.29, 1.82) is 0 Å². The highest BCUT2D eigenvalue weighted by Crippen LogP contribution is 1.92. The van der Waals surface area contributed by atoms with Gasteiger partial charge in [-0.1, -0.05) is 0 Å². The molecule has 0 heterocycles. The van der Waals surface area contributed by atoms with E-state index < -0.39 is 0 Å². The molecule has 0 fully saturated rings. The standard InChI is InChI=1S/C6H16N2.CH5N/c1-6(7(2)3)8(4)5;1-2/h6H,1-5H3;2H2,1H3. The van der Waals surface area contributed by atoms with Gasteiger partial charge < -0.3 is 5.73 Å². The van der Waals surface area contributed by atoms with E-state index in [9.17, 15) is 0 Å². The summed E-state index contributed by atoms with van der Waals surface area (Å²) in [4.78, 5) is 4.33. The van der Waals surface area contributed by atoms with Gasteiger partial charge in [0.25, 0.3) is 0 Å². The SMILES string of the molecule is CC(N(C)C)N(C)C.CN. The summed E-state index contributed by atoms with van der Waals surface area (Å²) in [7, 11) is 9.80. The predicted molar refractivity (Wildman–Crippen MR) is 46.9 cm³/mol. The number of nitrogens with zero attached hydrogens (tertiary/aromatic N) is 2. The van der Waals surface area contributed by atoms with E-state index in [4.69, 9.17) is 0 Å². The van der Waals surface area contributed by atoms with Gasteiger partial charge in [-0.05, 0) is 42.2 Å². The number of nitrogens with two attached hydrogens (primary N) is 1. The summed E-state index contributed by atoms with van der Waals surface area (Å²) in [5.74, 6) is 0. The maximum Gasteiger partial charge on any atom is 0.0583 e. The quantitative estimate of drug-likeness (QED) is 0.559. The highest BCUT2D eigenvalue weighted by molar-refractivity contribution is 4.52. The van der Waals surface area contributed by atoms with Crippen molar-refractivity contribution in [2.75, 3.05) is 35.2 Å². The second-order valence-corrected chi connectivity index (χ2v) is 2.56. The zero-order valence-electron chi connectivity index (χ0n) is 8.05. The molecule has 0 saturated carbocycles. The minimum Gasteiger partial charge on any atom is -0.333 e. The minimum atomic E-state index is 0.537. The van der Waals surface area contributed by atoms with Crippen molar-refractivity contribution >= 4 is 0 Å². The predicted octanol–water partition coefficient (Wildman–Crippen LogP) is 0.0305. The van der Waals surface area contributed by atoms with E-state index in [2.05, 4.69) is 50.6 Å². The van der Waals surface area contributed by atoms with Crippen molar-refractivity contribution in [3.63, 3.8) is 0 Å². The first-order valence-electron chi connectivity index (χ1n) is 3.46. The molecule has 0 aliphatic heterocycles. The first-order valence-corrected chi connectivity index (χ1v) is 3.46. The highest BCUT2D eigenvalue weighted by atomic mass is 15.3. The van der Waals surface area contributed by atoms with Gasteiger partial charge in [-0.15, -0.1) is 0 Å². The van der Waals surface area contributed by atoms with E-state index in [1.54, 1.807) is 0 Å². The Hall–Kier alpha value is -0.120. The lowest BCUT2D eigenvalue weighted by atomic mass is 10.5. The largest absolute Gasteiger partial charge is 0.333 e. The van der Waals surface area contributed by atoms with E-state index in [0.717, 1.165) is 0 Å². The van der Waals surface area contributed by atoms with Crippen molar-refractivity contribution in [2.45, 2.75) is 13.1 Å². The second kappa shape index (κ2) is 6.99. The molecule has 0 rings (SSSR count). The number of hydrogen-bond acceptors (Lipinski definition) is 3. The Bertz CT molecular complexity index is 53.9. The van der Waals surface area contributed by atoms with Crippen LogP contribution in [0.25, 0.3) is 0 Å². The summed E-state index contributed by atoms with van der Waals surface area (Å²) in [5, 5.41) is 0. The lowest BCUT2D eigenvalue weighted by Crippen LogP contribution is -2.37. The van der Waals surface area contributed by atoms with Gasteiger partial charge in [-0.25, -0.2) is 0 Å². The molecule has 0 spiro atoms. The molecule has 2 N–H and O–H groups in total. The Labute approximate surface area is 64.8 Å². The summed E-state index contributed by atoms with van der Waals surface area (Å²) in [6.07, 6.45) is 0.537. The monoisotopic (exact) mass is 147 g/mol. The Morgan fingerprint density at radius 3 is 1.10 bits per heavy atom. The molecule has 0 aromatic carbocycles. The molecule has 64 valence electrons. The molecule has 0 aliphatic rings. The van der Waals surface area contributed by atoms with Crippen LogP contribution in [0.5, 0.6) is 0 Å². The van der Waals surface area contributed by atoms with E-state index in [1.165, 1.54) is 7.05 Å². The zero-order chi connectivity index (χ0) is 8.73. The first kappa shape index (κ1) is 12.5. The molecule has 0 amide bonds. The van der Waals surface area contributed by atoms with Gasteiger partial charge >= 0.3 is 0 Å². The smallest absolute Gasteiger partial charge is 0.0583 e. The molecular formula is C7H21N3. The van der Waals surface area contributed by atoms with E-state index in [-0.39, 0.29) is 0 Å². The summed E-state index contributed by atoms with van der Waals surface area (Å²) in [6, 6.07) is 0. The Balaban J connectivity index is 0. The van der Waals surface area contributed by atoms with Gasteiger partial charge in [0.15, 0.2) is 0 Å². The van der Waals surface area contributed by atoms with Gasteiger partial charge in [0.05, 0.1) is 6.17 Å². The maximum absolute atomic E-state index is 4.50. The first-order chi connectivity index (χ1) is 4.55. The molecule has 0 aromatic rings. The molecule has 0 atom stereocenters. The number of hydrogen-bond donors (Lipinski definition) is 1. The molecule has 3 nitrogen and oxygen atoms in total. The van der Waals surface area contributed by atoms with Crippen LogP contribution < -0.4 is 5.73 Å². The average Bonchev–Trinajstić information content (AvgIpc) is 1.90. The van der Waals surface area contributed by atoms with Gasteiger partial charge in [0, 0.05) is 0 Å². The maximum atomic E-state index is 4.50. The lowest BCUT2D eigenvalue weighted by Gasteiger charge is -2.26. The van der Waals surface area contributed by atoms with Crippen molar-refractivity contribution in [2.24, 2.45) is 5.73 Å². The molecule has 0 bridgehead atoms. The molecule has 0 saturated heterocycles. The van der Waals surface area contributed by atoms with Gasteiger partial charge in [0.2, 0.25) is 0 Å². The molecule has 0 aromatic heterocycles. The fourth-order valence-electron chi connectivity index (χ4n) is 0.462. The van der Waals surface area contributed by atoms with Crippen LogP contribution in [0.15, 0.2) is 0 Å².